The van der Waals surface area contributed by atoms with Crippen molar-refractivity contribution in [2.24, 2.45) is 0 Å². The Bertz CT molecular complexity index is 439. The van der Waals surface area contributed by atoms with Gasteiger partial charge in [-0.05, 0) is 18.6 Å². The van der Waals surface area contributed by atoms with Gasteiger partial charge >= 0.3 is 5.97 Å². The van der Waals surface area contributed by atoms with Gasteiger partial charge in [0.15, 0.2) is 6.10 Å². The molecule has 1 unspecified atom stereocenters. The third kappa shape index (κ3) is 2.48. The van der Waals surface area contributed by atoms with Crippen LogP contribution >= 0.6 is 0 Å². The number of nitrogens with zero attached hydrogens (tertiary/aromatic N) is 1. The van der Waals surface area contributed by atoms with Crippen LogP contribution in [0.15, 0.2) is 18.2 Å². The zero-order valence-electron chi connectivity index (χ0n) is 8.61. The fraction of sp³-hybridized carbons (Fsp3) is 0.273. The molecule has 0 aliphatic heterocycles. The number of aliphatic carboxylic acids is 1. The minimum absolute atomic E-state index is 0.0447. The molecule has 5 heteroatoms. The molecule has 1 rings (SSSR count). The molecular formula is C11H10FNO3. The van der Waals surface area contributed by atoms with Crippen LogP contribution in [0.5, 0.6) is 5.75 Å². The number of ether oxygens (including phenoxy) is 1. The van der Waals surface area contributed by atoms with Crippen LogP contribution in [-0.4, -0.2) is 17.2 Å². The molecule has 0 aliphatic rings. The lowest BCUT2D eigenvalue weighted by molar-refractivity contribution is -0.145. The van der Waals surface area contributed by atoms with E-state index in [9.17, 15) is 9.18 Å². The van der Waals surface area contributed by atoms with Gasteiger partial charge in [-0.3, -0.25) is 0 Å². The Morgan fingerprint density at radius 1 is 1.69 bits per heavy atom. The molecular weight excluding hydrogens is 213 g/mol. The van der Waals surface area contributed by atoms with E-state index in [1.807, 2.05) is 0 Å². The Balaban J connectivity index is 3.02. The third-order valence-electron chi connectivity index (χ3n) is 2.00. The second-order valence-corrected chi connectivity index (χ2v) is 3.08. The Morgan fingerprint density at radius 2 is 2.38 bits per heavy atom. The van der Waals surface area contributed by atoms with Crippen LogP contribution in [-0.2, 0) is 4.79 Å². The van der Waals surface area contributed by atoms with Gasteiger partial charge in [-0.15, -0.1) is 0 Å². The van der Waals surface area contributed by atoms with Crippen molar-refractivity contribution in [1.29, 1.82) is 5.26 Å². The first kappa shape index (κ1) is 12.0. The Morgan fingerprint density at radius 3 is 2.88 bits per heavy atom. The summed E-state index contributed by atoms with van der Waals surface area (Å²) in [5.74, 6) is -1.91. The van der Waals surface area contributed by atoms with Crippen molar-refractivity contribution in [3.63, 3.8) is 0 Å². The molecule has 0 heterocycles. The van der Waals surface area contributed by atoms with E-state index < -0.39 is 17.9 Å². The van der Waals surface area contributed by atoms with Crippen LogP contribution in [0, 0.1) is 17.1 Å². The van der Waals surface area contributed by atoms with Gasteiger partial charge in [0.05, 0.1) is 0 Å². The highest BCUT2D eigenvalue weighted by Crippen LogP contribution is 2.22. The van der Waals surface area contributed by atoms with Crippen molar-refractivity contribution in [1.82, 2.24) is 0 Å². The lowest BCUT2D eigenvalue weighted by Gasteiger charge is -2.14. The normalized spacial score (nSPS) is 11.6. The maximum absolute atomic E-state index is 13.2. The first-order valence-corrected chi connectivity index (χ1v) is 4.68. The van der Waals surface area contributed by atoms with Crippen molar-refractivity contribution >= 4 is 5.97 Å². The van der Waals surface area contributed by atoms with E-state index in [1.54, 1.807) is 13.0 Å². The topological polar surface area (TPSA) is 70.3 Å². The number of rotatable bonds is 4. The summed E-state index contributed by atoms with van der Waals surface area (Å²) in [6.45, 7) is 1.63. The fourth-order valence-corrected chi connectivity index (χ4v) is 1.17. The van der Waals surface area contributed by atoms with Gasteiger partial charge in [0.2, 0.25) is 0 Å². The zero-order chi connectivity index (χ0) is 12.1. The van der Waals surface area contributed by atoms with E-state index in [2.05, 4.69) is 0 Å². The maximum atomic E-state index is 13.2. The number of carboxylic acids is 1. The van der Waals surface area contributed by atoms with E-state index in [0.717, 1.165) is 6.07 Å². The number of carboxylic acid groups (broad SMARTS) is 1. The average Bonchev–Trinajstić information content (AvgIpc) is 2.25. The second-order valence-electron chi connectivity index (χ2n) is 3.08. The number of halogens is 1. The van der Waals surface area contributed by atoms with Gasteiger partial charge in [-0.2, -0.15) is 5.26 Å². The summed E-state index contributed by atoms with van der Waals surface area (Å²) in [6, 6.07) is 5.49. The largest absolute Gasteiger partial charge is 0.479 e. The Hall–Kier alpha value is -2.09. The highest BCUT2D eigenvalue weighted by Gasteiger charge is 2.19. The van der Waals surface area contributed by atoms with Gasteiger partial charge in [0, 0.05) is 0 Å². The quantitative estimate of drug-likeness (QED) is 0.846. The molecule has 0 saturated carbocycles. The molecule has 0 radical (unpaired) electrons. The molecule has 84 valence electrons. The number of carbonyl (C=O) groups is 1. The molecule has 0 fully saturated rings. The van der Waals surface area contributed by atoms with Gasteiger partial charge in [-0.1, -0.05) is 13.0 Å². The zero-order valence-corrected chi connectivity index (χ0v) is 8.61. The van der Waals surface area contributed by atoms with Gasteiger partial charge in [-0.25, -0.2) is 9.18 Å². The molecule has 1 aromatic carbocycles. The van der Waals surface area contributed by atoms with E-state index >= 15 is 0 Å². The number of benzene rings is 1. The molecule has 1 N–H and O–H groups in total. The molecule has 0 aromatic heterocycles. The fourth-order valence-electron chi connectivity index (χ4n) is 1.17. The maximum Gasteiger partial charge on any atom is 0.344 e. The van der Waals surface area contributed by atoms with Crippen LogP contribution in [0.1, 0.15) is 18.9 Å². The van der Waals surface area contributed by atoms with E-state index in [4.69, 9.17) is 15.1 Å². The van der Waals surface area contributed by atoms with Crippen molar-refractivity contribution in [2.45, 2.75) is 19.4 Å². The molecule has 1 aromatic rings. The molecule has 0 aliphatic carbocycles. The summed E-state index contributed by atoms with van der Waals surface area (Å²) in [7, 11) is 0. The number of hydrogen-bond donors (Lipinski definition) is 1. The van der Waals surface area contributed by atoms with Gasteiger partial charge in [0.25, 0.3) is 0 Å². The highest BCUT2D eigenvalue weighted by atomic mass is 19.1. The lowest BCUT2D eigenvalue weighted by atomic mass is 10.2. The predicted molar refractivity (Wildman–Crippen MR) is 53.5 cm³/mol. The van der Waals surface area contributed by atoms with Gasteiger partial charge < -0.3 is 9.84 Å². The summed E-state index contributed by atoms with van der Waals surface area (Å²) in [6.07, 6.45) is -0.842. The first-order chi connectivity index (χ1) is 7.60. The van der Waals surface area contributed by atoms with Crippen LogP contribution in [0.3, 0.4) is 0 Å². The molecule has 0 bridgehead atoms. The van der Waals surface area contributed by atoms with Gasteiger partial charge in [0.1, 0.15) is 23.2 Å². The molecule has 1 atom stereocenters. The van der Waals surface area contributed by atoms with Crippen molar-refractivity contribution < 1.29 is 19.0 Å². The first-order valence-electron chi connectivity index (χ1n) is 4.68. The van der Waals surface area contributed by atoms with Crippen molar-refractivity contribution in [2.75, 3.05) is 0 Å². The third-order valence-corrected chi connectivity index (χ3v) is 2.00. The van der Waals surface area contributed by atoms with Crippen LogP contribution in [0.4, 0.5) is 4.39 Å². The van der Waals surface area contributed by atoms with Crippen LogP contribution in [0.2, 0.25) is 0 Å². The highest BCUT2D eigenvalue weighted by molar-refractivity contribution is 5.72. The summed E-state index contributed by atoms with van der Waals surface area (Å²) >= 11 is 0. The Kier molecular flexibility index (Phi) is 3.84. The molecule has 16 heavy (non-hydrogen) atoms. The minimum atomic E-state index is -1.14. The average molecular weight is 223 g/mol. The minimum Gasteiger partial charge on any atom is -0.479 e. The lowest BCUT2D eigenvalue weighted by Crippen LogP contribution is -2.26. The van der Waals surface area contributed by atoms with E-state index in [1.165, 1.54) is 12.1 Å². The number of nitriles is 1. The van der Waals surface area contributed by atoms with E-state index in [0.29, 0.717) is 0 Å². The number of hydrogen-bond acceptors (Lipinski definition) is 3. The van der Waals surface area contributed by atoms with Crippen LogP contribution < -0.4 is 4.74 Å². The predicted octanol–water partition coefficient (Wildman–Crippen LogP) is 1.94. The summed E-state index contributed by atoms with van der Waals surface area (Å²) in [5.41, 5.74) is -0.276. The standard InChI is InChI=1S/C11H10FNO3/c1-2-9(11(14)15)16-10-5-3-4-8(12)7(10)6-13/h3-5,9H,2H2,1H3,(H,14,15). The monoisotopic (exact) mass is 223 g/mol. The smallest absolute Gasteiger partial charge is 0.344 e. The Labute approximate surface area is 91.9 Å². The summed E-state index contributed by atoms with van der Waals surface area (Å²) in [4.78, 5) is 10.7. The molecule has 0 spiro atoms. The molecule has 0 saturated heterocycles. The SMILES string of the molecule is CCC(Oc1cccc(F)c1C#N)C(=O)O. The van der Waals surface area contributed by atoms with E-state index in [-0.39, 0.29) is 17.7 Å². The molecule has 0 amide bonds. The van der Waals surface area contributed by atoms with Crippen molar-refractivity contribution in [3.05, 3.63) is 29.6 Å². The second kappa shape index (κ2) is 5.12. The van der Waals surface area contributed by atoms with Crippen LogP contribution in [0.25, 0.3) is 0 Å². The van der Waals surface area contributed by atoms with Crippen molar-refractivity contribution in [3.8, 4) is 11.8 Å². The molecule has 4 nitrogen and oxygen atoms in total. The summed E-state index contributed by atoms with van der Waals surface area (Å²) < 4.78 is 18.2. The summed E-state index contributed by atoms with van der Waals surface area (Å²) in [5, 5.41) is 17.5.